The summed E-state index contributed by atoms with van der Waals surface area (Å²) >= 11 is 0. The predicted octanol–water partition coefficient (Wildman–Crippen LogP) is 1.66. The van der Waals surface area contributed by atoms with Crippen molar-refractivity contribution >= 4 is 23.1 Å². The second kappa shape index (κ2) is 9.16. The van der Waals surface area contributed by atoms with Gasteiger partial charge in [-0.15, -0.1) is 0 Å². The van der Waals surface area contributed by atoms with Crippen LogP contribution in [0.15, 0.2) is 27.8 Å². The Hall–Kier alpha value is -3.17. The Kier molecular flexibility index (Phi) is 6.91. The number of unbranched alkanes of at least 4 members (excludes halogenated alkanes) is 1. The van der Waals surface area contributed by atoms with Crippen molar-refractivity contribution in [3.05, 3.63) is 50.7 Å². The summed E-state index contributed by atoms with van der Waals surface area (Å²) in [6.45, 7) is 3.75. The molecule has 0 atom stereocenters. The van der Waals surface area contributed by atoms with Crippen molar-refractivity contribution in [3.8, 4) is 0 Å². The van der Waals surface area contributed by atoms with Gasteiger partial charge in [-0.1, -0.05) is 19.4 Å². The molecule has 1 aromatic heterocycles. The molecule has 8 nitrogen and oxygen atoms in total. The lowest BCUT2D eigenvalue weighted by Gasteiger charge is -2.24. The minimum Gasteiger partial charge on any atom is -0.383 e. The molecule has 152 valence electrons. The first-order chi connectivity index (χ1) is 13.3. The van der Waals surface area contributed by atoms with Gasteiger partial charge in [-0.2, -0.15) is 0 Å². The number of rotatable bonds is 8. The molecule has 0 aliphatic heterocycles. The van der Waals surface area contributed by atoms with Gasteiger partial charge >= 0.3 is 5.69 Å². The number of nitrogen functional groups attached to an aromatic ring is 1. The fourth-order valence-corrected chi connectivity index (χ4v) is 2.74. The zero-order valence-corrected chi connectivity index (χ0v) is 15.7. The van der Waals surface area contributed by atoms with E-state index in [2.05, 4.69) is 10.3 Å². The van der Waals surface area contributed by atoms with Crippen LogP contribution in [-0.4, -0.2) is 28.5 Å². The molecular weight excluding hydrogens is 372 g/mol. The van der Waals surface area contributed by atoms with Crippen molar-refractivity contribution in [3.63, 3.8) is 0 Å². The average molecular weight is 395 g/mol. The summed E-state index contributed by atoms with van der Waals surface area (Å²) < 4.78 is 28.7. The fourth-order valence-electron chi connectivity index (χ4n) is 2.74. The van der Waals surface area contributed by atoms with Crippen LogP contribution in [0.1, 0.15) is 26.7 Å². The van der Waals surface area contributed by atoms with E-state index in [0.29, 0.717) is 13.0 Å². The van der Waals surface area contributed by atoms with Gasteiger partial charge in [-0.05, 0) is 25.5 Å². The van der Waals surface area contributed by atoms with Gasteiger partial charge in [-0.3, -0.25) is 19.1 Å². The van der Waals surface area contributed by atoms with Crippen LogP contribution in [0.3, 0.4) is 0 Å². The Balaban J connectivity index is 2.31. The number of anilines is 3. The number of halogens is 2. The number of carbonyl (C=O) groups excluding carboxylic acids is 1. The van der Waals surface area contributed by atoms with Gasteiger partial charge in [0.15, 0.2) is 0 Å². The number of aromatic amines is 1. The summed E-state index contributed by atoms with van der Waals surface area (Å²) in [5.74, 6) is -2.63. The third kappa shape index (κ3) is 4.56. The van der Waals surface area contributed by atoms with E-state index in [1.165, 1.54) is 15.5 Å². The number of nitrogens with two attached hydrogens (primary N) is 1. The average Bonchev–Trinajstić information content (AvgIpc) is 2.63. The van der Waals surface area contributed by atoms with Crippen LogP contribution >= 0.6 is 0 Å². The van der Waals surface area contributed by atoms with Gasteiger partial charge in [0.05, 0.1) is 6.54 Å². The second-order valence-corrected chi connectivity index (χ2v) is 6.16. The van der Waals surface area contributed by atoms with Crippen molar-refractivity contribution in [1.82, 2.24) is 9.55 Å². The Labute approximate surface area is 160 Å². The zero-order chi connectivity index (χ0) is 20.8. The van der Waals surface area contributed by atoms with E-state index in [9.17, 15) is 23.2 Å². The van der Waals surface area contributed by atoms with Crippen molar-refractivity contribution in [1.29, 1.82) is 0 Å². The summed E-state index contributed by atoms with van der Waals surface area (Å²) in [6.07, 6.45) is 1.49. The molecule has 0 bridgehead atoms. The number of para-hydroxylation sites is 1. The minimum atomic E-state index is -0.915. The number of nitrogens with zero attached hydrogens (tertiary/aromatic N) is 2. The Morgan fingerprint density at radius 1 is 1.25 bits per heavy atom. The van der Waals surface area contributed by atoms with E-state index in [-0.39, 0.29) is 24.6 Å². The van der Waals surface area contributed by atoms with Gasteiger partial charge in [0.1, 0.15) is 28.8 Å². The first-order valence-electron chi connectivity index (χ1n) is 8.91. The molecule has 0 fully saturated rings. The molecular formula is C18H23F2N5O3. The zero-order valence-electron chi connectivity index (χ0n) is 15.7. The smallest absolute Gasteiger partial charge is 0.330 e. The molecule has 0 radical (unpaired) electrons. The molecule has 0 aliphatic rings. The topological polar surface area (TPSA) is 113 Å². The first kappa shape index (κ1) is 21.1. The molecule has 10 heteroatoms. The Bertz CT molecular complexity index is 950. The molecule has 4 N–H and O–H groups in total. The fraction of sp³-hybridized carbons (Fsp3) is 0.389. The van der Waals surface area contributed by atoms with E-state index in [1.54, 1.807) is 6.92 Å². The molecule has 0 aliphatic carbocycles. The van der Waals surface area contributed by atoms with Gasteiger partial charge in [-0.25, -0.2) is 13.6 Å². The predicted molar refractivity (Wildman–Crippen MR) is 104 cm³/mol. The highest BCUT2D eigenvalue weighted by atomic mass is 19.1. The number of benzene rings is 1. The lowest BCUT2D eigenvalue weighted by Crippen LogP contribution is -2.41. The molecule has 28 heavy (non-hydrogen) atoms. The summed E-state index contributed by atoms with van der Waals surface area (Å²) in [5, 5.41) is 2.16. The van der Waals surface area contributed by atoms with E-state index in [0.717, 1.165) is 18.6 Å². The number of carbonyl (C=O) groups is 1. The summed E-state index contributed by atoms with van der Waals surface area (Å²) in [7, 11) is 0. The summed E-state index contributed by atoms with van der Waals surface area (Å²) in [6, 6.07) is 3.21. The van der Waals surface area contributed by atoms with Crippen LogP contribution in [-0.2, 0) is 11.3 Å². The van der Waals surface area contributed by atoms with Crippen molar-refractivity contribution in [2.45, 2.75) is 33.2 Å². The standard InChI is InChI=1S/C18H23F2N5O3/c1-3-5-9-25-16(21)15(17(27)23-18(25)28)24(4-2)10-13(26)22-14-11(19)7-6-8-12(14)20/h6-8H,3-5,9-10,21H2,1-2H3,(H,22,26)(H,23,27,28). The van der Waals surface area contributed by atoms with Crippen LogP contribution in [0.5, 0.6) is 0 Å². The number of hydrogen-bond donors (Lipinski definition) is 3. The monoisotopic (exact) mass is 395 g/mol. The van der Waals surface area contributed by atoms with E-state index in [4.69, 9.17) is 5.73 Å². The number of hydrogen-bond acceptors (Lipinski definition) is 5. The molecule has 1 heterocycles. The highest BCUT2D eigenvalue weighted by Crippen LogP contribution is 2.19. The molecule has 1 amide bonds. The number of aromatic nitrogens is 2. The van der Waals surface area contributed by atoms with Gasteiger partial charge < -0.3 is 16.0 Å². The number of amides is 1. The third-order valence-electron chi connectivity index (χ3n) is 4.21. The second-order valence-electron chi connectivity index (χ2n) is 6.16. The van der Waals surface area contributed by atoms with E-state index in [1.807, 2.05) is 6.92 Å². The highest BCUT2D eigenvalue weighted by Gasteiger charge is 2.21. The first-order valence-corrected chi connectivity index (χ1v) is 8.91. The van der Waals surface area contributed by atoms with Gasteiger partial charge in [0.25, 0.3) is 5.56 Å². The van der Waals surface area contributed by atoms with E-state index >= 15 is 0 Å². The number of nitrogens with one attached hydrogen (secondary N) is 2. The molecule has 0 saturated carbocycles. The van der Waals surface area contributed by atoms with E-state index < -0.39 is 34.5 Å². The van der Waals surface area contributed by atoms with Crippen LogP contribution in [0, 0.1) is 11.6 Å². The lowest BCUT2D eigenvalue weighted by molar-refractivity contribution is -0.115. The largest absolute Gasteiger partial charge is 0.383 e. The van der Waals surface area contributed by atoms with Crippen molar-refractivity contribution < 1.29 is 13.6 Å². The lowest BCUT2D eigenvalue weighted by atomic mass is 10.2. The summed E-state index contributed by atoms with van der Waals surface area (Å²) in [4.78, 5) is 40.1. The molecule has 2 aromatic rings. The maximum atomic E-state index is 13.7. The molecule has 0 unspecified atom stereocenters. The van der Waals surface area contributed by atoms with Crippen LogP contribution in [0.25, 0.3) is 0 Å². The molecule has 0 saturated heterocycles. The van der Waals surface area contributed by atoms with Crippen LogP contribution in [0.2, 0.25) is 0 Å². The quantitative estimate of drug-likeness (QED) is 0.629. The Morgan fingerprint density at radius 2 is 1.89 bits per heavy atom. The normalized spacial score (nSPS) is 10.7. The van der Waals surface area contributed by atoms with Crippen LogP contribution in [0.4, 0.5) is 26.0 Å². The van der Waals surface area contributed by atoms with Gasteiger partial charge in [0.2, 0.25) is 5.91 Å². The third-order valence-corrected chi connectivity index (χ3v) is 4.21. The highest BCUT2D eigenvalue weighted by molar-refractivity contribution is 5.94. The van der Waals surface area contributed by atoms with Gasteiger partial charge in [0, 0.05) is 13.1 Å². The molecule has 1 aromatic carbocycles. The van der Waals surface area contributed by atoms with Crippen molar-refractivity contribution in [2.75, 3.05) is 29.0 Å². The molecule has 0 spiro atoms. The Morgan fingerprint density at radius 3 is 2.46 bits per heavy atom. The number of H-pyrrole nitrogens is 1. The van der Waals surface area contributed by atoms with Crippen molar-refractivity contribution in [2.24, 2.45) is 0 Å². The molecule has 2 rings (SSSR count). The van der Waals surface area contributed by atoms with Crippen LogP contribution < -0.4 is 27.2 Å². The maximum Gasteiger partial charge on any atom is 0.330 e. The minimum absolute atomic E-state index is 0.0395. The SMILES string of the molecule is CCCCn1c(N)c(N(CC)CC(=O)Nc2c(F)cccc2F)c(=O)[nH]c1=O. The maximum absolute atomic E-state index is 13.7. The summed E-state index contributed by atoms with van der Waals surface area (Å²) in [5.41, 5.74) is 4.05. The number of likely N-dealkylation sites (N-methyl/N-ethyl adjacent to an activating group) is 1.